The van der Waals surface area contributed by atoms with Crippen molar-refractivity contribution in [3.05, 3.63) is 52.2 Å². The predicted octanol–water partition coefficient (Wildman–Crippen LogP) is 5.69. The molecular weight excluding hydrogens is 388 g/mol. The maximum absolute atomic E-state index is 4.87. The number of para-hydroxylation sites is 1. The van der Waals surface area contributed by atoms with Crippen LogP contribution in [0.2, 0.25) is 0 Å². The number of thiophene rings is 1. The molecule has 2 aromatic heterocycles. The minimum atomic E-state index is 0.523. The Bertz CT molecular complexity index is 957. The van der Waals surface area contributed by atoms with E-state index in [1.54, 1.807) is 0 Å². The molecule has 1 aliphatic carbocycles. The van der Waals surface area contributed by atoms with Gasteiger partial charge < -0.3 is 15.5 Å². The zero-order valence-electron chi connectivity index (χ0n) is 18.4. The number of aryl methyl sites for hydroxylation is 1. The van der Waals surface area contributed by atoms with Crippen LogP contribution in [0.4, 0.5) is 11.5 Å². The molecular formula is C25H34N4S. The third-order valence-corrected chi connectivity index (χ3v) is 7.40. The number of anilines is 2. The number of rotatable bonds is 8. The second-order valence-electron chi connectivity index (χ2n) is 8.65. The Kier molecular flexibility index (Phi) is 6.90. The van der Waals surface area contributed by atoms with E-state index in [0.29, 0.717) is 6.04 Å². The molecule has 0 saturated heterocycles. The molecule has 30 heavy (non-hydrogen) atoms. The Labute approximate surface area is 184 Å². The summed E-state index contributed by atoms with van der Waals surface area (Å²) in [6.45, 7) is 4.37. The van der Waals surface area contributed by atoms with Crippen LogP contribution >= 0.6 is 11.3 Å². The largest absolute Gasteiger partial charge is 0.377 e. The summed E-state index contributed by atoms with van der Waals surface area (Å²) in [5, 5.41) is 8.62. The first-order chi connectivity index (χ1) is 14.6. The summed E-state index contributed by atoms with van der Waals surface area (Å²) in [6.07, 6.45) is 6.14. The summed E-state index contributed by atoms with van der Waals surface area (Å²) in [4.78, 5) is 9.99. The van der Waals surface area contributed by atoms with Crippen LogP contribution in [0.3, 0.4) is 0 Å². The van der Waals surface area contributed by atoms with Gasteiger partial charge in [-0.05, 0) is 62.8 Å². The standard InChI is InChI=1S/C25H34N4S/c1-4-20-13-14-21(30-20)17-26-16-18-9-11-19(12-10-18)27-25-15-24(29(2)3)22-7-5-6-8-23(22)28-25/h5-8,13-15,18-19,26H,4,9-12,16-17H2,1-3H3,(H,27,28). The van der Waals surface area contributed by atoms with Gasteiger partial charge in [0, 0.05) is 53.6 Å². The van der Waals surface area contributed by atoms with Gasteiger partial charge in [-0.1, -0.05) is 25.1 Å². The number of aromatic nitrogens is 1. The Morgan fingerprint density at radius 2 is 1.80 bits per heavy atom. The first-order valence-corrected chi connectivity index (χ1v) is 12.1. The number of hydrogen-bond acceptors (Lipinski definition) is 5. The van der Waals surface area contributed by atoms with Gasteiger partial charge in [-0.25, -0.2) is 4.98 Å². The second-order valence-corrected chi connectivity index (χ2v) is 9.91. The highest BCUT2D eigenvalue weighted by Gasteiger charge is 2.21. The van der Waals surface area contributed by atoms with Gasteiger partial charge in [0.2, 0.25) is 0 Å². The monoisotopic (exact) mass is 422 g/mol. The van der Waals surface area contributed by atoms with Gasteiger partial charge in [-0.3, -0.25) is 0 Å². The molecule has 4 rings (SSSR count). The van der Waals surface area contributed by atoms with Crippen LogP contribution in [0.1, 0.15) is 42.4 Å². The number of benzene rings is 1. The topological polar surface area (TPSA) is 40.2 Å². The lowest BCUT2D eigenvalue weighted by Crippen LogP contribution is -2.31. The molecule has 1 saturated carbocycles. The molecule has 0 aliphatic heterocycles. The van der Waals surface area contributed by atoms with E-state index in [9.17, 15) is 0 Å². The highest BCUT2D eigenvalue weighted by Crippen LogP contribution is 2.30. The molecule has 0 amide bonds. The molecule has 4 nitrogen and oxygen atoms in total. The third kappa shape index (κ3) is 5.13. The smallest absolute Gasteiger partial charge is 0.128 e. The summed E-state index contributed by atoms with van der Waals surface area (Å²) in [6, 6.07) is 15.7. The van der Waals surface area contributed by atoms with Crippen molar-refractivity contribution < 1.29 is 0 Å². The minimum absolute atomic E-state index is 0.523. The third-order valence-electron chi connectivity index (χ3n) is 6.17. The first-order valence-electron chi connectivity index (χ1n) is 11.2. The lowest BCUT2D eigenvalue weighted by molar-refractivity contribution is 0.324. The maximum atomic E-state index is 4.87. The lowest BCUT2D eigenvalue weighted by atomic mass is 9.86. The molecule has 160 valence electrons. The van der Waals surface area contributed by atoms with E-state index < -0.39 is 0 Å². The fourth-order valence-corrected chi connectivity index (χ4v) is 5.36. The van der Waals surface area contributed by atoms with E-state index in [0.717, 1.165) is 36.8 Å². The van der Waals surface area contributed by atoms with Crippen molar-refractivity contribution in [3.63, 3.8) is 0 Å². The lowest BCUT2D eigenvalue weighted by Gasteiger charge is -2.30. The van der Waals surface area contributed by atoms with Gasteiger partial charge in [0.1, 0.15) is 5.82 Å². The number of nitrogens with zero attached hydrogens (tertiary/aromatic N) is 2. The summed E-state index contributed by atoms with van der Waals surface area (Å²) >= 11 is 1.94. The zero-order valence-corrected chi connectivity index (χ0v) is 19.3. The van der Waals surface area contributed by atoms with Gasteiger partial charge >= 0.3 is 0 Å². The molecule has 1 aromatic carbocycles. The Morgan fingerprint density at radius 1 is 1.03 bits per heavy atom. The van der Waals surface area contributed by atoms with Crippen LogP contribution in [0, 0.1) is 5.92 Å². The van der Waals surface area contributed by atoms with E-state index in [2.05, 4.69) is 79.0 Å². The van der Waals surface area contributed by atoms with E-state index in [4.69, 9.17) is 4.98 Å². The molecule has 1 aliphatic rings. The second kappa shape index (κ2) is 9.80. The average Bonchev–Trinajstić information content (AvgIpc) is 3.22. The Morgan fingerprint density at radius 3 is 2.53 bits per heavy atom. The number of hydrogen-bond donors (Lipinski definition) is 2. The predicted molar refractivity (Wildman–Crippen MR) is 131 cm³/mol. The van der Waals surface area contributed by atoms with Crippen molar-refractivity contribution in [2.24, 2.45) is 5.92 Å². The normalized spacial score (nSPS) is 19.2. The molecule has 0 bridgehead atoms. The van der Waals surface area contributed by atoms with E-state index in [-0.39, 0.29) is 0 Å². The van der Waals surface area contributed by atoms with Gasteiger partial charge in [-0.2, -0.15) is 0 Å². The van der Waals surface area contributed by atoms with Crippen LogP contribution in [0.5, 0.6) is 0 Å². The van der Waals surface area contributed by atoms with Crippen LogP contribution in [0.15, 0.2) is 42.5 Å². The fraction of sp³-hybridized carbons (Fsp3) is 0.480. The van der Waals surface area contributed by atoms with Crippen LogP contribution < -0.4 is 15.5 Å². The maximum Gasteiger partial charge on any atom is 0.128 e. The molecule has 0 atom stereocenters. The van der Waals surface area contributed by atoms with E-state index >= 15 is 0 Å². The Balaban J connectivity index is 1.28. The van der Waals surface area contributed by atoms with Crippen molar-refractivity contribution >= 4 is 33.7 Å². The number of fused-ring (bicyclic) bond motifs is 1. The highest BCUT2D eigenvalue weighted by molar-refractivity contribution is 7.11. The van der Waals surface area contributed by atoms with Gasteiger partial charge in [0.05, 0.1) is 5.52 Å². The average molecular weight is 423 g/mol. The van der Waals surface area contributed by atoms with Crippen LogP contribution in [0.25, 0.3) is 10.9 Å². The summed E-state index contributed by atoms with van der Waals surface area (Å²) in [5.74, 6) is 1.79. The van der Waals surface area contributed by atoms with Crippen molar-refractivity contribution in [1.82, 2.24) is 10.3 Å². The molecule has 2 N–H and O–H groups in total. The number of pyridine rings is 1. The van der Waals surface area contributed by atoms with Crippen LogP contribution in [-0.4, -0.2) is 31.7 Å². The van der Waals surface area contributed by atoms with Crippen molar-refractivity contribution in [2.75, 3.05) is 30.9 Å². The molecule has 5 heteroatoms. The van der Waals surface area contributed by atoms with Gasteiger partial charge in [-0.15, -0.1) is 11.3 Å². The summed E-state index contributed by atoms with van der Waals surface area (Å²) in [7, 11) is 4.20. The fourth-order valence-electron chi connectivity index (χ4n) is 4.43. The SMILES string of the molecule is CCc1ccc(CNCC2CCC(Nc3cc(N(C)C)c4ccccc4n3)CC2)s1. The molecule has 2 heterocycles. The highest BCUT2D eigenvalue weighted by atomic mass is 32.1. The minimum Gasteiger partial charge on any atom is -0.377 e. The van der Waals surface area contributed by atoms with Crippen molar-refractivity contribution in [2.45, 2.75) is 51.6 Å². The molecule has 0 spiro atoms. The first kappa shape index (κ1) is 21.1. The number of nitrogens with one attached hydrogen (secondary N) is 2. The van der Waals surface area contributed by atoms with E-state index in [1.807, 2.05) is 11.3 Å². The quantitative estimate of drug-likeness (QED) is 0.490. The van der Waals surface area contributed by atoms with Crippen molar-refractivity contribution in [3.8, 4) is 0 Å². The van der Waals surface area contributed by atoms with Crippen LogP contribution in [-0.2, 0) is 13.0 Å². The Hall–Kier alpha value is -2.11. The zero-order chi connectivity index (χ0) is 20.9. The summed E-state index contributed by atoms with van der Waals surface area (Å²) in [5.41, 5.74) is 2.28. The summed E-state index contributed by atoms with van der Waals surface area (Å²) < 4.78 is 0. The van der Waals surface area contributed by atoms with Gasteiger partial charge in [0.15, 0.2) is 0 Å². The van der Waals surface area contributed by atoms with Crippen molar-refractivity contribution in [1.29, 1.82) is 0 Å². The van der Waals surface area contributed by atoms with Gasteiger partial charge in [0.25, 0.3) is 0 Å². The molecule has 0 radical (unpaired) electrons. The van der Waals surface area contributed by atoms with E-state index in [1.165, 1.54) is 46.5 Å². The molecule has 3 aromatic rings. The molecule has 1 fully saturated rings. The molecule has 0 unspecified atom stereocenters.